The van der Waals surface area contributed by atoms with E-state index in [1.54, 1.807) is 11.0 Å². The van der Waals surface area contributed by atoms with Gasteiger partial charge in [-0.1, -0.05) is 0 Å². The molecule has 1 saturated carbocycles. The third-order valence-electron chi connectivity index (χ3n) is 8.35. The lowest BCUT2D eigenvalue weighted by Crippen LogP contribution is -2.54. The van der Waals surface area contributed by atoms with Crippen molar-refractivity contribution in [1.82, 2.24) is 20.2 Å². The van der Waals surface area contributed by atoms with E-state index in [1.165, 1.54) is 11.8 Å². The largest absolute Gasteiger partial charge is 0.420 e. The van der Waals surface area contributed by atoms with Gasteiger partial charge in [0.1, 0.15) is 10.4 Å². The van der Waals surface area contributed by atoms with Crippen LogP contribution in [0.1, 0.15) is 53.4 Å². The monoisotopic (exact) mass is 630 g/mol. The predicted octanol–water partition coefficient (Wildman–Crippen LogP) is 5.98. The molecule has 43 heavy (non-hydrogen) atoms. The van der Waals surface area contributed by atoms with Crippen molar-refractivity contribution in [1.29, 1.82) is 0 Å². The summed E-state index contributed by atoms with van der Waals surface area (Å²) >= 11 is 2.55. The molecule has 3 fully saturated rings. The summed E-state index contributed by atoms with van der Waals surface area (Å²) in [6, 6.07) is 8.68. The maximum atomic E-state index is 14.2. The molecule has 0 radical (unpaired) electrons. The molecule has 2 atom stereocenters. The third kappa shape index (κ3) is 5.84. The van der Waals surface area contributed by atoms with Crippen molar-refractivity contribution < 1.29 is 22.7 Å². The van der Waals surface area contributed by atoms with Crippen molar-refractivity contribution in [3.63, 3.8) is 0 Å². The zero-order chi connectivity index (χ0) is 29.9. The number of thioether (sulfide) groups is 1. The number of nitrogens with zero attached hydrogens (tertiary/aromatic N) is 4. The molecule has 2 aromatic heterocycles. The molecule has 8 nitrogen and oxygen atoms in total. The molecule has 2 unspecified atom stereocenters. The Bertz CT molecular complexity index is 1530. The molecular weight excluding hydrogens is 597 g/mol. The number of fused-ring (bicyclic) bond motifs is 1. The average molecular weight is 631 g/mol. The number of benzene rings is 1. The van der Waals surface area contributed by atoms with Crippen molar-refractivity contribution in [2.24, 2.45) is 0 Å². The maximum absolute atomic E-state index is 14.2. The van der Waals surface area contributed by atoms with E-state index in [0.29, 0.717) is 58.2 Å². The smallest absolute Gasteiger partial charge is 0.377 e. The minimum absolute atomic E-state index is 0.00984. The lowest BCUT2D eigenvalue weighted by atomic mass is 10.0. The number of carbonyl (C=O) groups excluding carboxylic acids is 1. The molecule has 13 heteroatoms. The van der Waals surface area contributed by atoms with Crippen molar-refractivity contribution in [2.75, 3.05) is 48.8 Å². The van der Waals surface area contributed by atoms with Crippen LogP contribution in [0, 0.1) is 0 Å². The molecule has 0 spiro atoms. The standard InChI is InChI=1S/C30H33F3N6O2S2/c1-16-12-38(13-17(2)35-16)19-5-6-23(21(9-19)18-3-4-18)36-29-34-11-22(30(31,32)33)26(37-29)24-10-25-27(43-24)28(40)39(7-8-42-25)20-14-41-15-20/h5-6,9-11,16-18,20,35H,3-4,7-8,12-15H2,1-2H3,(H,34,36,37). The van der Waals surface area contributed by atoms with Gasteiger partial charge < -0.3 is 25.2 Å². The van der Waals surface area contributed by atoms with Gasteiger partial charge in [-0.05, 0) is 62.4 Å². The van der Waals surface area contributed by atoms with Crippen molar-refractivity contribution in [2.45, 2.75) is 61.8 Å². The maximum Gasteiger partial charge on any atom is 0.420 e. The van der Waals surface area contributed by atoms with Crippen LogP contribution in [-0.4, -0.2) is 77.5 Å². The fraction of sp³-hybridized carbons (Fsp3) is 0.500. The Morgan fingerprint density at radius 1 is 1.12 bits per heavy atom. The summed E-state index contributed by atoms with van der Waals surface area (Å²) in [5.41, 5.74) is 1.94. The summed E-state index contributed by atoms with van der Waals surface area (Å²) in [5.74, 6) is 1.000. The normalized spacial score (nSPS) is 23.1. The van der Waals surface area contributed by atoms with Gasteiger partial charge in [0.05, 0.1) is 29.8 Å². The van der Waals surface area contributed by atoms with Gasteiger partial charge >= 0.3 is 6.18 Å². The number of anilines is 3. The van der Waals surface area contributed by atoms with Gasteiger partial charge in [0.25, 0.3) is 5.91 Å². The van der Waals surface area contributed by atoms with Crippen LogP contribution in [-0.2, 0) is 10.9 Å². The fourth-order valence-corrected chi connectivity index (χ4v) is 8.39. The first-order valence-electron chi connectivity index (χ1n) is 14.7. The number of ether oxygens (including phenoxy) is 1. The highest BCUT2D eigenvalue weighted by Crippen LogP contribution is 2.46. The Morgan fingerprint density at radius 3 is 2.56 bits per heavy atom. The summed E-state index contributed by atoms with van der Waals surface area (Å²) in [5, 5.41) is 6.80. The van der Waals surface area contributed by atoms with Crippen molar-refractivity contribution in [3.05, 3.63) is 46.5 Å². The molecule has 4 aliphatic rings. The number of nitrogens with one attached hydrogen (secondary N) is 2. The van der Waals surface area contributed by atoms with Crippen LogP contribution in [0.15, 0.2) is 35.4 Å². The van der Waals surface area contributed by atoms with Crippen LogP contribution in [0.25, 0.3) is 10.6 Å². The summed E-state index contributed by atoms with van der Waals surface area (Å²) in [7, 11) is 0. The number of rotatable bonds is 6. The summed E-state index contributed by atoms with van der Waals surface area (Å²) in [6.45, 7) is 7.73. The van der Waals surface area contributed by atoms with Crippen LogP contribution in [0.4, 0.5) is 30.5 Å². The first-order valence-corrected chi connectivity index (χ1v) is 16.5. The van der Waals surface area contributed by atoms with Crippen LogP contribution in [0.5, 0.6) is 0 Å². The molecule has 228 valence electrons. The SMILES string of the molecule is CC1CN(c2ccc(Nc3ncc(C(F)(F)F)c(-c4cc5c(s4)C(=O)N(C4COC4)CCS5)n3)c(C3CC3)c2)CC(C)N1. The number of hydrogen-bond acceptors (Lipinski definition) is 9. The van der Waals surface area contributed by atoms with Crippen LogP contribution in [0.2, 0.25) is 0 Å². The molecule has 2 saturated heterocycles. The van der Waals surface area contributed by atoms with E-state index in [0.717, 1.165) is 60.4 Å². The molecule has 5 heterocycles. The predicted molar refractivity (Wildman–Crippen MR) is 163 cm³/mol. The minimum atomic E-state index is -4.65. The molecule has 1 aliphatic carbocycles. The lowest BCUT2D eigenvalue weighted by Gasteiger charge is -2.38. The first-order chi connectivity index (χ1) is 20.6. The quantitative estimate of drug-likeness (QED) is 0.345. The number of aromatic nitrogens is 2. The van der Waals surface area contributed by atoms with Crippen LogP contribution >= 0.6 is 23.1 Å². The fourth-order valence-electron chi connectivity index (χ4n) is 6.07. The second-order valence-corrected chi connectivity index (χ2v) is 14.0. The van der Waals surface area contributed by atoms with E-state index < -0.39 is 11.7 Å². The average Bonchev–Trinajstić information content (AvgIpc) is 3.71. The van der Waals surface area contributed by atoms with Gasteiger partial charge in [-0.3, -0.25) is 4.79 Å². The van der Waals surface area contributed by atoms with E-state index in [-0.39, 0.29) is 23.6 Å². The number of alkyl halides is 3. The minimum Gasteiger partial charge on any atom is -0.377 e. The summed E-state index contributed by atoms with van der Waals surface area (Å²) in [6.07, 6.45) is -1.67. The highest BCUT2D eigenvalue weighted by Gasteiger charge is 2.38. The van der Waals surface area contributed by atoms with E-state index >= 15 is 0 Å². The summed E-state index contributed by atoms with van der Waals surface area (Å²) in [4.78, 5) is 27.5. The number of amides is 1. The Balaban J connectivity index is 1.21. The molecule has 3 aliphatic heterocycles. The highest BCUT2D eigenvalue weighted by atomic mass is 32.2. The van der Waals surface area contributed by atoms with Crippen molar-refractivity contribution in [3.8, 4) is 10.6 Å². The van der Waals surface area contributed by atoms with Gasteiger partial charge in [0, 0.05) is 59.9 Å². The van der Waals surface area contributed by atoms with Gasteiger partial charge in [-0.25, -0.2) is 9.97 Å². The number of carbonyl (C=O) groups is 1. The second kappa shape index (κ2) is 11.2. The molecule has 7 rings (SSSR count). The number of halogens is 3. The lowest BCUT2D eigenvalue weighted by molar-refractivity contribution is -0.137. The van der Waals surface area contributed by atoms with E-state index in [4.69, 9.17) is 4.74 Å². The Kier molecular flexibility index (Phi) is 7.55. The van der Waals surface area contributed by atoms with E-state index in [1.807, 2.05) is 6.07 Å². The number of thiophene rings is 1. The Hall–Kier alpha value is -2.87. The number of hydrogen-bond donors (Lipinski definition) is 2. The molecule has 0 bridgehead atoms. The third-order valence-corrected chi connectivity index (χ3v) is 10.6. The van der Waals surface area contributed by atoms with Crippen LogP contribution in [0.3, 0.4) is 0 Å². The van der Waals surface area contributed by atoms with E-state index in [2.05, 4.69) is 51.5 Å². The molecular formula is C30H33F3N6O2S2. The Labute approximate surface area is 256 Å². The van der Waals surface area contributed by atoms with Crippen molar-refractivity contribution >= 4 is 46.3 Å². The second-order valence-electron chi connectivity index (χ2n) is 11.8. The molecule has 3 aromatic rings. The Morgan fingerprint density at radius 2 is 1.88 bits per heavy atom. The highest BCUT2D eigenvalue weighted by molar-refractivity contribution is 7.99. The molecule has 1 aromatic carbocycles. The van der Waals surface area contributed by atoms with Gasteiger partial charge in [0.2, 0.25) is 5.95 Å². The first kappa shape index (κ1) is 28.9. The zero-order valence-corrected chi connectivity index (χ0v) is 25.5. The summed E-state index contributed by atoms with van der Waals surface area (Å²) < 4.78 is 47.9. The van der Waals surface area contributed by atoms with Crippen LogP contribution < -0.4 is 15.5 Å². The van der Waals surface area contributed by atoms with Gasteiger partial charge in [0.15, 0.2) is 0 Å². The number of piperazine rings is 1. The topological polar surface area (TPSA) is 82.6 Å². The van der Waals surface area contributed by atoms with Gasteiger partial charge in [-0.15, -0.1) is 23.1 Å². The van der Waals surface area contributed by atoms with Gasteiger partial charge in [-0.2, -0.15) is 13.2 Å². The van der Waals surface area contributed by atoms with E-state index in [9.17, 15) is 18.0 Å². The molecule has 2 N–H and O–H groups in total. The molecule has 1 amide bonds. The zero-order valence-electron chi connectivity index (χ0n) is 23.9.